The molecule has 0 saturated carbocycles. The van der Waals surface area contributed by atoms with E-state index < -0.39 is 17.7 Å². The lowest BCUT2D eigenvalue weighted by Crippen LogP contribution is -2.04. The molecule has 3 nitrogen and oxygen atoms in total. The molecule has 0 aliphatic carbocycles. The van der Waals surface area contributed by atoms with Crippen molar-refractivity contribution in [2.75, 3.05) is 6.61 Å². The molecule has 6 heteroatoms. The second kappa shape index (κ2) is 15.4. The maximum atomic E-state index is 12.6. The van der Waals surface area contributed by atoms with Crippen molar-refractivity contribution in [3.05, 3.63) is 101 Å². The van der Waals surface area contributed by atoms with Crippen LogP contribution in [0.15, 0.2) is 78.9 Å². The van der Waals surface area contributed by atoms with Gasteiger partial charge in [-0.2, -0.15) is 13.2 Å². The van der Waals surface area contributed by atoms with Gasteiger partial charge in [0.25, 0.3) is 0 Å². The molecule has 0 bridgehead atoms. The predicted octanol–water partition coefficient (Wildman–Crippen LogP) is 8.85. The minimum Gasteiger partial charge on any atom is -0.494 e. The largest absolute Gasteiger partial charge is 0.494 e. The molecule has 0 heterocycles. The highest BCUT2D eigenvalue weighted by Crippen LogP contribution is 2.29. The molecule has 0 saturated heterocycles. The van der Waals surface area contributed by atoms with Crippen LogP contribution in [-0.4, -0.2) is 12.6 Å². The Morgan fingerprint density at radius 1 is 0.744 bits per heavy atom. The van der Waals surface area contributed by atoms with E-state index in [9.17, 15) is 18.0 Å². The van der Waals surface area contributed by atoms with Crippen molar-refractivity contribution in [1.29, 1.82) is 0 Å². The summed E-state index contributed by atoms with van der Waals surface area (Å²) in [4.78, 5) is 12.1. The number of carbonyl (C=O) groups excluding carboxylic acids is 1. The Hall–Kier alpha value is -3.98. The van der Waals surface area contributed by atoms with E-state index in [0.29, 0.717) is 11.3 Å². The number of carbonyl (C=O) groups is 1. The summed E-state index contributed by atoms with van der Waals surface area (Å²) in [6.07, 6.45) is 6.92. The molecule has 0 aliphatic rings. The van der Waals surface area contributed by atoms with E-state index in [0.717, 1.165) is 42.0 Å². The lowest BCUT2D eigenvalue weighted by Gasteiger charge is -2.06. The Bertz CT molecular complexity index is 1250. The van der Waals surface area contributed by atoms with E-state index in [1.165, 1.54) is 62.8 Å². The molecule has 39 heavy (non-hydrogen) atoms. The molecule has 0 N–H and O–H groups in total. The maximum Gasteiger partial charge on any atom is 0.416 e. The molecule has 0 radical (unpaired) electrons. The van der Waals surface area contributed by atoms with Crippen molar-refractivity contribution in [3.8, 4) is 23.3 Å². The lowest BCUT2D eigenvalue weighted by molar-refractivity contribution is -0.137. The van der Waals surface area contributed by atoms with E-state index >= 15 is 0 Å². The SMILES string of the molecule is CCCCCCCCCOc1ccc(C#Cc2ccc(OC(=O)/C=C/c3ccc(C(F)(F)F)cc3)cc2)cc1. The van der Waals surface area contributed by atoms with Crippen molar-refractivity contribution < 1.29 is 27.4 Å². The minimum atomic E-state index is -4.40. The first-order valence-electron chi connectivity index (χ1n) is 13.3. The average Bonchev–Trinajstić information content (AvgIpc) is 2.93. The van der Waals surface area contributed by atoms with Gasteiger partial charge in [0.2, 0.25) is 0 Å². The van der Waals surface area contributed by atoms with Crippen LogP contribution in [0.2, 0.25) is 0 Å². The van der Waals surface area contributed by atoms with Gasteiger partial charge in [-0.1, -0.05) is 69.4 Å². The van der Waals surface area contributed by atoms with Crippen molar-refractivity contribution in [1.82, 2.24) is 0 Å². The maximum absolute atomic E-state index is 12.6. The third-order valence-electron chi connectivity index (χ3n) is 5.94. The van der Waals surface area contributed by atoms with Crippen molar-refractivity contribution in [3.63, 3.8) is 0 Å². The summed E-state index contributed by atoms with van der Waals surface area (Å²) >= 11 is 0. The first-order chi connectivity index (χ1) is 18.8. The minimum absolute atomic E-state index is 0.338. The Labute approximate surface area is 228 Å². The molecule has 0 amide bonds. The Morgan fingerprint density at radius 3 is 1.85 bits per heavy atom. The van der Waals surface area contributed by atoms with Crippen LogP contribution >= 0.6 is 0 Å². The topological polar surface area (TPSA) is 35.5 Å². The summed E-state index contributed by atoms with van der Waals surface area (Å²) in [7, 11) is 0. The fourth-order valence-corrected chi connectivity index (χ4v) is 3.73. The lowest BCUT2D eigenvalue weighted by atomic mass is 10.1. The zero-order chi connectivity index (χ0) is 27.9. The van der Waals surface area contributed by atoms with Crippen LogP contribution in [0.5, 0.6) is 11.5 Å². The molecule has 0 aliphatic heterocycles. The first kappa shape index (κ1) is 29.6. The highest BCUT2D eigenvalue weighted by Gasteiger charge is 2.29. The average molecular weight is 535 g/mol. The highest BCUT2D eigenvalue weighted by atomic mass is 19.4. The van der Waals surface area contributed by atoms with Crippen LogP contribution in [-0.2, 0) is 11.0 Å². The third kappa shape index (κ3) is 11.1. The van der Waals surface area contributed by atoms with Crippen LogP contribution in [0.3, 0.4) is 0 Å². The number of hydrogen-bond donors (Lipinski definition) is 0. The second-order valence-corrected chi connectivity index (χ2v) is 9.14. The van der Waals surface area contributed by atoms with Gasteiger partial charge in [-0.3, -0.25) is 0 Å². The number of esters is 1. The summed E-state index contributed by atoms with van der Waals surface area (Å²) < 4.78 is 49.0. The summed E-state index contributed by atoms with van der Waals surface area (Å²) in [5.41, 5.74) is 1.33. The van der Waals surface area contributed by atoms with E-state index in [-0.39, 0.29) is 0 Å². The molecule has 0 aromatic heterocycles. The number of ether oxygens (including phenoxy) is 2. The predicted molar refractivity (Wildman–Crippen MR) is 148 cm³/mol. The molecule has 0 unspecified atom stereocenters. The van der Waals surface area contributed by atoms with Crippen molar-refractivity contribution in [2.24, 2.45) is 0 Å². The smallest absolute Gasteiger partial charge is 0.416 e. The number of alkyl halides is 3. The number of benzene rings is 3. The van der Waals surface area contributed by atoms with Gasteiger partial charge in [-0.25, -0.2) is 4.79 Å². The number of halogens is 3. The Kier molecular flexibility index (Phi) is 11.7. The summed E-state index contributed by atoms with van der Waals surface area (Å²) in [5.74, 6) is 6.72. The van der Waals surface area contributed by atoms with Crippen molar-refractivity contribution in [2.45, 2.75) is 58.0 Å². The van der Waals surface area contributed by atoms with Crippen LogP contribution in [0.1, 0.15) is 74.1 Å². The molecule has 3 aromatic carbocycles. The number of unbranched alkanes of at least 4 members (excludes halogenated alkanes) is 6. The monoisotopic (exact) mass is 534 g/mol. The van der Waals surface area contributed by atoms with Gasteiger partial charge in [0.15, 0.2) is 0 Å². The normalized spacial score (nSPS) is 11.2. The molecular weight excluding hydrogens is 501 g/mol. The standard InChI is InChI=1S/C33H33F3O3/c1-2-3-4-5-6-7-8-25-38-30-20-13-26(14-21-30)9-10-27-15-22-31(23-16-27)39-32(37)24-17-28-11-18-29(19-12-28)33(34,35)36/h11-24H,2-8,25H2,1H3/b24-17+. The summed E-state index contributed by atoms with van der Waals surface area (Å²) in [6.45, 7) is 2.95. The Morgan fingerprint density at radius 2 is 1.28 bits per heavy atom. The van der Waals surface area contributed by atoms with Crippen molar-refractivity contribution >= 4 is 12.0 Å². The van der Waals surface area contributed by atoms with E-state index in [2.05, 4.69) is 18.8 Å². The fraction of sp³-hybridized carbons (Fsp3) is 0.303. The quantitative estimate of drug-likeness (QED) is 0.0765. The zero-order valence-electron chi connectivity index (χ0n) is 22.1. The van der Waals surface area contributed by atoms with E-state index in [4.69, 9.17) is 9.47 Å². The van der Waals surface area contributed by atoms with Gasteiger partial charge in [0.1, 0.15) is 11.5 Å². The van der Waals surface area contributed by atoms with Gasteiger partial charge < -0.3 is 9.47 Å². The molecular formula is C33H33F3O3. The molecule has 0 fully saturated rings. The number of hydrogen-bond acceptors (Lipinski definition) is 3. The van der Waals surface area contributed by atoms with Gasteiger partial charge in [-0.15, -0.1) is 0 Å². The zero-order valence-corrected chi connectivity index (χ0v) is 22.1. The third-order valence-corrected chi connectivity index (χ3v) is 5.94. The van der Waals surface area contributed by atoms with E-state index in [1.54, 1.807) is 24.3 Å². The molecule has 3 rings (SSSR count). The molecule has 3 aromatic rings. The fourth-order valence-electron chi connectivity index (χ4n) is 3.73. The molecule has 0 spiro atoms. The van der Waals surface area contributed by atoms with Crippen LogP contribution in [0, 0.1) is 11.8 Å². The second-order valence-electron chi connectivity index (χ2n) is 9.14. The van der Waals surface area contributed by atoms with Gasteiger partial charge in [0, 0.05) is 17.2 Å². The van der Waals surface area contributed by atoms with Gasteiger partial charge in [-0.05, 0) is 78.7 Å². The van der Waals surface area contributed by atoms with Crippen LogP contribution in [0.25, 0.3) is 6.08 Å². The van der Waals surface area contributed by atoms with Crippen LogP contribution < -0.4 is 9.47 Å². The van der Waals surface area contributed by atoms with E-state index in [1.807, 2.05) is 24.3 Å². The first-order valence-corrected chi connectivity index (χ1v) is 13.3. The Balaban J connectivity index is 1.42. The summed E-state index contributed by atoms with van der Waals surface area (Å²) in [5, 5.41) is 0. The molecule has 204 valence electrons. The van der Waals surface area contributed by atoms with Crippen LogP contribution in [0.4, 0.5) is 13.2 Å². The van der Waals surface area contributed by atoms with Gasteiger partial charge >= 0.3 is 12.1 Å². The number of rotatable bonds is 12. The molecule has 0 atom stereocenters. The highest BCUT2D eigenvalue weighted by molar-refractivity contribution is 5.88. The van der Waals surface area contributed by atoms with Gasteiger partial charge in [0.05, 0.1) is 12.2 Å². The summed E-state index contributed by atoms with van der Waals surface area (Å²) in [6, 6.07) is 19.0.